The van der Waals surface area contributed by atoms with Crippen LogP contribution in [0.1, 0.15) is 26.3 Å². The number of ether oxygens (including phenoxy) is 2. The maximum atomic E-state index is 12.0. The molecule has 0 fully saturated rings. The van der Waals surface area contributed by atoms with Crippen LogP contribution in [0.4, 0.5) is 4.79 Å². The second kappa shape index (κ2) is 5.25. The molecular weight excluding hydrogens is 268 g/mol. The summed E-state index contributed by atoms with van der Waals surface area (Å²) in [5.74, 6) is 0.672. The van der Waals surface area contributed by atoms with Crippen LogP contribution in [0.25, 0.3) is 0 Å². The molecule has 1 aliphatic rings. The first-order valence-corrected chi connectivity index (χ1v) is 6.48. The lowest BCUT2D eigenvalue weighted by atomic mass is 10.2. The number of fused-ring (bicyclic) bond motifs is 1. The lowest BCUT2D eigenvalue weighted by Gasteiger charge is -2.25. The fraction of sp³-hybridized carbons (Fsp3) is 0.538. The van der Waals surface area contributed by atoms with Gasteiger partial charge >= 0.3 is 6.09 Å². The summed E-state index contributed by atoms with van der Waals surface area (Å²) in [6, 6.07) is 1.66. The van der Waals surface area contributed by atoms with Gasteiger partial charge in [0, 0.05) is 17.8 Å². The summed E-state index contributed by atoms with van der Waals surface area (Å²) in [6.45, 7) is 6.82. The van der Waals surface area contributed by atoms with Crippen molar-refractivity contribution in [2.45, 2.75) is 32.9 Å². The van der Waals surface area contributed by atoms with E-state index in [9.17, 15) is 4.79 Å². The van der Waals surface area contributed by atoms with Crippen LogP contribution >= 0.6 is 11.6 Å². The van der Waals surface area contributed by atoms with E-state index in [0.717, 1.165) is 5.56 Å². The molecule has 1 aliphatic heterocycles. The Morgan fingerprint density at radius 1 is 1.53 bits per heavy atom. The molecule has 0 spiro atoms. The molecule has 0 N–H and O–H groups in total. The monoisotopic (exact) mass is 284 g/mol. The first kappa shape index (κ1) is 13.9. The van der Waals surface area contributed by atoms with Crippen LogP contribution in [0.3, 0.4) is 0 Å². The normalized spacial score (nSPS) is 15.3. The summed E-state index contributed by atoms with van der Waals surface area (Å²) in [5, 5.41) is 0.379. The van der Waals surface area contributed by atoms with Crippen LogP contribution in [0.5, 0.6) is 5.75 Å². The predicted molar refractivity (Wildman–Crippen MR) is 71.4 cm³/mol. The highest BCUT2D eigenvalue weighted by molar-refractivity contribution is 6.29. The van der Waals surface area contributed by atoms with Gasteiger partial charge in [0.15, 0.2) is 0 Å². The van der Waals surface area contributed by atoms with Gasteiger partial charge in [0.2, 0.25) is 0 Å². The highest BCUT2D eigenvalue weighted by Crippen LogP contribution is 2.25. The van der Waals surface area contributed by atoms with Crippen LogP contribution in [0.15, 0.2) is 12.3 Å². The van der Waals surface area contributed by atoms with Gasteiger partial charge in [0.25, 0.3) is 0 Å². The Morgan fingerprint density at radius 3 is 2.95 bits per heavy atom. The first-order valence-electron chi connectivity index (χ1n) is 6.10. The van der Waals surface area contributed by atoms with E-state index in [0.29, 0.717) is 30.6 Å². The van der Waals surface area contributed by atoms with Gasteiger partial charge in [-0.1, -0.05) is 11.6 Å². The van der Waals surface area contributed by atoms with E-state index in [1.165, 1.54) is 0 Å². The maximum Gasteiger partial charge on any atom is 0.410 e. The molecule has 0 aliphatic carbocycles. The number of carbonyl (C=O) groups excluding carboxylic acids is 1. The molecule has 2 rings (SSSR count). The lowest BCUT2D eigenvalue weighted by molar-refractivity contribution is 0.0225. The number of pyridine rings is 1. The summed E-state index contributed by atoms with van der Waals surface area (Å²) < 4.78 is 10.9. The first-order chi connectivity index (χ1) is 8.85. The molecule has 2 heterocycles. The van der Waals surface area contributed by atoms with Crippen molar-refractivity contribution < 1.29 is 14.3 Å². The number of aromatic nitrogens is 1. The highest BCUT2D eigenvalue weighted by atomic mass is 35.5. The zero-order valence-electron chi connectivity index (χ0n) is 11.3. The Bertz CT molecular complexity index is 485. The molecule has 1 amide bonds. The van der Waals surface area contributed by atoms with Gasteiger partial charge in [-0.05, 0) is 20.8 Å². The second-order valence-corrected chi connectivity index (χ2v) is 5.75. The van der Waals surface area contributed by atoms with Gasteiger partial charge < -0.3 is 14.4 Å². The van der Waals surface area contributed by atoms with Crippen molar-refractivity contribution >= 4 is 17.7 Å². The third-order valence-corrected chi connectivity index (χ3v) is 2.75. The van der Waals surface area contributed by atoms with Crippen LogP contribution in [0.2, 0.25) is 5.15 Å². The van der Waals surface area contributed by atoms with Crippen molar-refractivity contribution in [2.24, 2.45) is 0 Å². The minimum Gasteiger partial charge on any atom is -0.491 e. The molecule has 0 unspecified atom stereocenters. The number of hydrogen-bond donors (Lipinski definition) is 0. The fourth-order valence-corrected chi connectivity index (χ4v) is 1.88. The van der Waals surface area contributed by atoms with Crippen molar-refractivity contribution in [1.29, 1.82) is 0 Å². The summed E-state index contributed by atoms with van der Waals surface area (Å²) in [6.07, 6.45) is 1.28. The third kappa shape index (κ3) is 3.73. The van der Waals surface area contributed by atoms with Crippen molar-refractivity contribution in [3.63, 3.8) is 0 Å². The van der Waals surface area contributed by atoms with E-state index < -0.39 is 5.60 Å². The fourth-order valence-electron chi connectivity index (χ4n) is 1.73. The van der Waals surface area contributed by atoms with Crippen molar-refractivity contribution in [3.8, 4) is 5.75 Å². The van der Waals surface area contributed by atoms with E-state index in [1.807, 2.05) is 20.8 Å². The number of halogens is 1. The number of rotatable bonds is 0. The molecule has 0 bridgehead atoms. The predicted octanol–water partition coefficient (Wildman–Crippen LogP) is 2.86. The van der Waals surface area contributed by atoms with E-state index in [1.54, 1.807) is 17.2 Å². The van der Waals surface area contributed by atoms with E-state index in [4.69, 9.17) is 21.1 Å². The number of amides is 1. The Labute approximate surface area is 117 Å². The Hall–Kier alpha value is -1.49. The third-order valence-electron chi connectivity index (χ3n) is 2.54. The number of carbonyl (C=O) groups is 1. The molecule has 5 nitrogen and oxygen atoms in total. The molecule has 0 atom stereocenters. The van der Waals surface area contributed by atoms with Crippen molar-refractivity contribution in [3.05, 3.63) is 23.0 Å². The molecule has 1 aromatic heterocycles. The minimum absolute atomic E-state index is 0.348. The van der Waals surface area contributed by atoms with Gasteiger partial charge in [0.1, 0.15) is 23.1 Å². The minimum atomic E-state index is -0.509. The largest absolute Gasteiger partial charge is 0.491 e. The summed E-state index contributed by atoms with van der Waals surface area (Å²) in [5.41, 5.74) is 0.318. The topological polar surface area (TPSA) is 51.7 Å². The number of hydrogen-bond acceptors (Lipinski definition) is 4. The molecule has 0 saturated heterocycles. The summed E-state index contributed by atoms with van der Waals surface area (Å²) >= 11 is 5.82. The molecular formula is C13H17ClN2O3. The Kier molecular flexibility index (Phi) is 3.85. The lowest BCUT2D eigenvalue weighted by Crippen LogP contribution is -2.37. The van der Waals surface area contributed by atoms with Crippen LogP contribution in [-0.2, 0) is 11.3 Å². The standard InChI is InChI=1S/C13H17ClN2O3/c1-13(2,3)19-12(17)16-4-5-18-10-6-11(14)15-7-9(10)8-16/h6-7H,4-5,8H2,1-3H3. The van der Waals surface area contributed by atoms with E-state index in [-0.39, 0.29) is 6.09 Å². The quantitative estimate of drug-likeness (QED) is 0.688. The van der Waals surface area contributed by atoms with Crippen LogP contribution in [0, 0.1) is 0 Å². The molecule has 0 saturated carbocycles. The average Bonchev–Trinajstić information content (AvgIpc) is 2.48. The van der Waals surface area contributed by atoms with Crippen LogP contribution < -0.4 is 4.74 Å². The summed E-state index contributed by atoms with van der Waals surface area (Å²) in [4.78, 5) is 17.7. The van der Waals surface area contributed by atoms with E-state index in [2.05, 4.69) is 4.98 Å². The van der Waals surface area contributed by atoms with Crippen molar-refractivity contribution in [1.82, 2.24) is 9.88 Å². The molecule has 19 heavy (non-hydrogen) atoms. The smallest absolute Gasteiger partial charge is 0.410 e. The molecule has 1 aromatic rings. The number of nitrogens with zero attached hydrogens (tertiary/aromatic N) is 2. The van der Waals surface area contributed by atoms with E-state index >= 15 is 0 Å². The molecule has 6 heteroatoms. The molecule has 0 radical (unpaired) electrons. The average molecular weight is 285 g/mol. The summed E-state index contributed by atoms with van der Waals surface area (Å²) in [7, 11) is 0. The molecule has 0 aromatic carbocycles. The molecule has 104 valence electrons. The van der Waals surface area contributed by atoms with Gasteiger partial charge in [0.05, 0.1) is 13.1 Å². The van der Waals surface area contributed by atoms with Crippen LogP contribution in [-0.4, -0.2) is 34.7 Å². The SMILES string of the molecule is CC(C)(C)OC(=O)N1CCOc2cc(Cl)ncc2C1. The van der Waals surface area contributed by atoms with Gasteiger partial charge in [-0.15, -0.1) is 0 Å². The Morgan fingerprint density at radius 2 is 2.26 bits per heavy atom. The maximum absolute atomic E-state index is 12.0. The Balaban J connectivity index is 2.13. The van der Waals surface area contributed by atoms with Gasteiger partial charge in [-0.25, -0.2) is 9.78 Å². The van der Waals surface area contributed by atoms with Gasteiger partial charge in [-0.3, -0.25) is 0 Å². The zero-order valence-corrected chi connectivity index (χ0v) is 12.0. The van der Waals surface area contributed by atoms with Gasteiger partial charge in [-0.2, -0.15) is 0 Å². The zero-order chi connectivity index (χ0) is 14.0. The van der Waals surface area contributed by atoms with Crippen molar-refractivity contribution in [2.75, 3.05) is 13.2 Å². The second-order valence-electron chi connectivity index (χ2n) is 5.37. The highest BCUT2D eigenvalue weighted by Gasteiger charge is 2.25.